The van der Waals surface area contributed by atoms with Crippen LogP contribution in [-0.2, 0) is 29.2 Å². The fraction of sp³-hybridized carbons (Fsp3) is 0.167. The van der Waals surface area contributed by atoms with Crippen LogP contribution in [0.4, 0.5) is 4.79 Å². The van der Waals surface area contributed by atoms with Gasteiger partial charge in [0.25, 0.3) is 0 Å². The number of rotatable bonds is 4. The molecule has 0 bridgehead atoms. The number of nitrogens with one attached hydrogen (secondary N) is 1. The molecule has 0 aliphatic carbocycles. The summed E-state index contributed by atoms with van der Waals surface area (Å²) in [7, 11) is 0. The number of carbonyl (C=O) groups is 2. The van der Waals surface area contributed by atoms with Crippen molar-refractivity contribution in [2.24, 2.45) is 0 Å². The van der Waals surface area contributed by atoms with Crippen molar-refractivity contribution in [2.45, 2.75) is 19.7 Å². The zero-order valence-corrected chi connectivity index (χ0v) is 16.0. The minimum Gasteiger partial charge on any atom is -0.445 e. The summed E-state index contributed by atoms with van der Waals surface area (Å²) in [5, 5.41) is 2.57. The van der Waals surface area contributed by atoms with Crippen molar-refractivity contribution >= 4 is 12.0 Å². The summed E-state index contributed by atoms with van der Waals surface area (Å²) in [4.78, 5) is 26.5. The number of fused-ring (bicyclic) bond motifs is 3. The van der Waals surface area contributed by atoms with Gasteiger partial charge in [-0.3, -0.25) is 4.79 Å². The molecule has 0 atom stereocenters. The Hall–Kier alpha value is -3.60. The van der Waals surface area contributed by atoms with Crippen molar-refractivity contribution in [1.29, 1.82) is 0 Å². The van der Waals surface area contributed by atoms with E-state index in [0.29, 0.717) is 13.1 Å². The maximum atomic E-state index is 12.8. The number of amides is 2. The van der Waals surface area contributed by atoms with Gasteiger partial charge in [-0.25, -0.2) is 4.79 Å². The molecule has 4 rings (SSSR count). The molecule has 146 valence electrons. The van der Waals surface area contributed by atoms with Gasteiger partial charge in [-0.1, -0.05) is 78.9 Å². The van der Waals surface area contributed by atoms with Crippen molar-refractivity contribution in [2.75, 3.05) is 6.54 Å². The van der Waals surface area contributed by atoms with Gasteiger partial charge >= 0.3 is 6.09 Å². The molecule has 0 radical (unpaired) electrons. The molecule has 29 heavy (non-hydrogen) atoms. The van der Waals surface area contributed by atoms with Crippen LogP contribution in [0.25, 0.3) is 11.1 Å². The van der Waals surface area contributed by atoms with E-state index in [1.165, 1.54) is 0 Å². The molecule has 5 nitrogen and oxygen atoms in total. The number of benzene rings is 3. The zero-order chi connectivity index (χ0) is 20.1. The maximum Gasteiger partial charge on any atom is 0.407 e. The van der Waals surface area contributed by atoms with Crippen molar-refractivity contribution in [3.8, 4) is 11.1 Å². The highest BCUT2D eigenvalue weighted by Crippen LogP contribution is 2.32. The van der Waals surface area contributed by atoms with Crippen LogP contribution < -0.4 is 5.32 Å². The van der Waals surface area contributed by atoms with Crippen molar-refractivity contribution < 1.29 is 14.3 Å². The van der Waals surface area contributed by atoms with Gasteiger partial charge in [-0.2, -0.15) is 0 Å². The van der Waals surface area contributed by atoms with Crippen LogP contribution in [0, 0.1) is 0 Å². The molecule has 0 aromatic heterocycles. The Kier molecular flexibility index (Phi) is 5.56. The molecular weight excluding hydrogens is 364 g/mol. The monoisotopic (exact) mass is 386 g/mol. The van der Waals surface area contributed by atoms with Crippen molar-refractivity contribution in [3.63, 3.8) is 0 Å². The zero-order valence-electron chi connectivity index (χ0n) is 16.0. The highest BCUT2D eigenvalue weighted by atomic mass is 16.5. The van der Waals surface area contributed by atoms with E-state index in [1.807, 2.05) is 66.7 Å². The summed E-state index contributed by atoms with van der Waals surface area (Å²) in [5.74, 6) is -0.145. The third kappa shape index (κ3) is 4.46. The van der Waals surface area contributed by atoms with Gasteiger partial charge in [0.05, 0.1) is 0 Å². The number of hydrogen-bond donors (Lipinski definition) is 1. The third-order valence-electron chi connectivity index (χ3n) is 5.00. The average molecular weight is 386 g/mol. The minimum absolute atomic E-state index is 0.0992. The largest absolute Gasteiger partial charge is 0.445 e. The molecule has 3 aromatic rings. The molecule has 5 heteroatoms. The predicted molar refractivity (Wildman–Crippen MR) is 111 cm³/mol. The normalized spacial score (nSPS) is 12.3. The lowest BCUT2D eigenvalue weighted by atomic mass is 9.97. The molecule has 1 aliphatic heterocycles. The minimum atomic E-state index is -0.599. The van der Waals surface area contributed by atoms with E-state index in [1.54, 1.807) is 4.90 Å². The second-order valence-corrected chi connectivity index (χ2v) is 6.98. The summed E-state index contributed by atoms with van der Waals surface area (Å²) in [6.07, 6.45) is -0.599. The lowest BCUT2D eigenvalue weighted by Crippen LogP contribution is -2.39. The van der Waals surface area contributed by atoms with E-state index in [9.17, 15) is 9.59 Å². The van der Waals surface area contributed by atoms with E-state index < -0.39 is 6.09 Å². The quantitative estimate of drug-likeness (QED) is 0.734. The number of hydrogen-bond acceptors (Lipinski definition) is 3. The van der Waals surface area contributed by atoms with Gasteiger partial charge < -0.3 is 15.0 Å². The first-order valence-corrected chi connectivity index (χ1v) is 9.59. The third-order valence-corrected chi connectivity index (χ3v) is 5.00. The highest BCUT2D eigenvalue weighted by molar-refractivity contribution is 5.83. The average Bonchev–Trinajstić information content (AvgIpc) is 2.94. The first-order valence-electron chi connectivity index (χ1n) is 9.59. The van der Waals surface area contributed by atoms with Crippen LogP contribution in [0.5, 0.6) is 0 Å². The van der Waals surface area contributed by atoms with Crippen LogP contribution in [0.15, 0.2) is 78.9 Å². The van der Waals surface area contributed by atoms with Gasteiger partial charge in [0.2, 0.25) is 5.91 Å². The fourth-order valence-electron chi connectivity index (χ4n) is 3.52. The highest BCUT2D eigenvalue weighted by Gasteiger charge is 2.22. The van der Waals surface area contributed by atoms with E-state index >= 15 is 0 Å². The molecule has 0 spiro atoms. The Morgan fingerprint density at radius 3 is 1.97 bits per heavy atom. The van der Waals surface area contributed by atoms with E-state index in [2.05, 4.69) is 17.4 Å². The molecule has 0 saturated carbocycles. The second-order valence-electron chi connectivity index (χ2n) is 6.98. The number of nitrogens with zero attached hydrogens (tertiary/aromatic N) is 1. The SMILES string of the molecule is O=C(NCC(=O)N1Cc2ccccc2-c2ccccc2C1)OCc1ccccc1. The molecule has 2 amide bonds. The molecule has 0 fully saturated rings. The van der Waals surface area contributed by atoms with E-state index in [-0.39, 0.29) is 19.1 Å². The van der Waals surface area contributed by atoms with E-state index in [4.69, 9.17) is 4.74 Å². The molecule has 0 saturated heterocycles. The number of alkyl carbamates (subject to hydrolysis) is 1. The van der Waals surface area contributed by atoms with Crippen LogP contribution in [-0.4, -0.2) is 23.4 Å². The molecular formula is C24H22N2O3. The lowest BCUT2D eigenvalue weighted by Gasteiger charge is -2.21. The first kappa shape index (κ1) is 18.7. The summed E-state index contributed by atoms with van der Waals surface area (Å²) in [6.45, 7) is 1.08. The fourth-order valence-corrected chi connectivity index (χ4v) is 3.52. The summed E-state index contributed by atoms with van der Waals surface area (Å²) < 4.78 is 5.18. The van der Waals surface area contributed by atoms with Crippen LogP contribution in [0.1, 0.15) is 16.7 Å². The number of carbonyl (C=O) groups excluding carboxylic acids is 2. The standard InChI is InChI=1S/C24H22N2O3/c27-23(14-25-24(28)29-17-18-8-2-1-3-9-18)26-15-19-10-4-6-12-21(19)22-13-7-5-11-20(22)16-26/h1-13H,14-17H2,(H,25,28). The lowest BCUT2D eigenvalue weighted by molar-refractivity contribution is -0.131. The van der Waals surface area contributed by atoms with Gasteiger partial charge in [-0.05, 0) is 27.8 Å². The second kappa shape index (κ2) is 8.61. The van der Waals surface area contributed by atoms with Crippen LogP contribution in [0.3, 0.4) is 0 Å². The van der Waals surface area contributed by atoms with E-state index in [0.717, 1.165) is 27.8 Å². The Bertz CT molecular complexity index is 970. The Morgan fingerprint density at radius 1 is 0.793 bits per heavy atom. The van der Waals surface area contributed by atoms with Crippen molar-refractivity contribution in [1.82, 2.24) is 10.2 Å². The summed E-state index contributed by atoms with van der Waals surface area (Å²) in [5.41, 5.74) is 5.38. The Morgan fingerprint density at radius 2 is 1.34 bits per heavy atom. The molecule has 3 aromatic carbocycles. The van der Waals surface area contributed by atoms with Gasteiger partial charge in [-0.15, -0.1) is 0 Å². The molecule has 1 N–H and O–H groups in total. The van der Waals surface area contributed by atoms with Gasteiger partial charge in [0, 0.05) is 13.1 Å². The predicted octanol–water partition coefficient (Wildman–Crippen LogP) is 4.12. The van der Waals surface area contributed by atoms with Crippen LogP contribution >= 0.6 is 0 Å². The maximum absolute atomic E-state index is 12.8. The summed E-state index contributed by atoms with van der Waals surface area (Å²) in [6, 6.07) is 25.7. The molecule has 1 aliphatic rings. The molecule has 0 unspecified atom stereocenters. The van der Waals surface area contributed by atoms with Crippen LogP contribution in [0.2, 0.25) is 0 Å². The smallest absolute Gasteiger partial charge is 0.407 e. The Labute approximate surface area is 169 Å². The Balaban J connectivity index is 1.40. The summed E-state index contributed by atoms with van der Waals surface area (Å²) >= 11 is 0. The molecule has 1 heterocycles. The topological polar surface area (TPSA) is 58.6 Å². The van der Waals surface area contributed by atoms with Gasteiger partial charge in [0.15, 0.2) is 0 Å². The first-order chi connectivity index (χ1) is 14.2. The van der Waals surface area contributed by atoms with Gasteiger partial charge in [0.1, 0.15) is 13.2 Å². The number of ether oxygens (including phenoxy) is 1. The van der Waals surface area contributed by atoms with Crippen molar-refractivity contribution in [3.05, 3.63) is 95.6 Å².